The highest BCUT2D eigenvalue weighted by molar-refractivity contribution is 8.18. The second kappa shape index (κ2) is 8.61. The average molecular weight is 407 g/mol. The summed E-state index contributed by atoms with van der Waals surface area (Å²) in [5.41, 5.74) is 1.43. The summed E-state index contributed by atoms with van der Waals surface area (Å²) in [6, 6.07) is 12.2. The van der Waals surface area contributed by atoms with Gasteiger partial charge in [-0.2, -0.15) is 0 Å². The van der Waals surface area contributed by atoms with E-state index in [1.54, 1.807) is 29.3 Å². The summed E-state index contributed by atoms with van der Waals surface area (Å²) < 4.78 is 0. The highest BCUT2D eigenvalue weighted by atomic mass is 32.2. The van der Waals surface area contributed by atoms with Crippen LogP contribution >= 0.6 is 11.8 Å². The second-order valence-electron chi connectivity index (χ2n) is 7.08. The quantitative estimate of drug-likeness (QED) is 0.742. The van der Waals surface area contributed by atoms with Gasteiger partial charge in [0.25, 0.3) is 5.91 Å². The molecule has 1 N–H and O–H groups in total. The van der Waals surface area contributed by atoms with Gasteiger partial charge in [0, 0.05) is 12.2 Å². The van der Waals surface area contributed by atoms with Gasteiger partial charge in [-0.25, -0.2) is 9.79 Å². The lowest BCUT2D eigenvalue weighted by molar-refractivity contribution is -0.124. The average Bonchev–Trinajstić information content (AvgIpc) is 3.04. The van der Waals surface area contributed by atoms with Crippen molar-refractivity contribution < 1.29 is 14.7 Å². The van der Waals surface area contributed by atoms with Gasteiger partial charge in [-0.1, -0.05) is 31.4 Å². The van der Waals surface area contributed by atoms with E-state index in [1.165, 1.54) is 30.3 Å². The Kier molecular flexibility index (Phi) is 5.76. The summed E-state index contributed by atoms with van der Waals surface area (Å²) in [6.45, 7) is 0. The first-order valence-electron chi connectivity index (χ1n) is 9.68. The molecule has 0 bridgehead atoms. The van der Waals surface area contributed by atoms with Crippen molar-refractivity contribution in [3.8, 4) is 0 Å². The number of aliphatic imine (C=N–C) groups is 1. The maximum atomic E-state index is 13.2. The van der Waals surface area contributed by atoms with Gasteiger partial charge in [0.2, 0.25) is 0 Å². The predicted octanol–water partition coefficient (Wildman–Crippen LogP) is 4.72. The normalized spacial score (nSPS) is 20.6. The van der Waals surface area contributed by atoms with Crippen LogP contribution in [0.1, 0.15) is 48.2 Å². The Morgan fingerprint density at radius 3 is 2.72 bits per heavy atom. The molecule has 29 heavy (non-hydrogen) atoms. The maximum absolute atomic E-state index is 13.2. The standard InChI is InChI=1S/C22H21N3O3S/c26-20-19(14-16-8-4-5-12-23-16)29-22(25(20)18-10-2-1-3-11-18)24-17-9-6-7-15(13-17)21(27)28/h4-9,12-14,18H,1-3,10-11H2,(H,27,28)/b19-14-,24-22?. The van der Waals surface area contributed by atoms with E-state index in [-0.39, 0.29) is 17.5 Å². The lowest BCUT2D eigenvalue weighted by atomic mass is 9.94. The van der Waals surface area contributed by atoms with Crippen molar-refractivity contribution in [2.45, 2.75) is 38.1 Å². The van der Waals surface area contributed by atoms with Crippen LogP contribution in [0.4, 0.5) is 5.69 Å². The van der Waals surface area contributed by atoms with E-state index in [9.17, 15) is 14.7 Å². The number of carbonyl (C=O) groups excluding carboxylic acids is 1. The van der Waals surface area contributed by atoms with Crippen LogP contribution in [0.15, 0.2) is 58.6 Å². The lowest BCUT2D eigenvalue weighted by Crippen LogP contribution is -2.40. The van der Waals surface area contributed by atoms with Crippen LogP contribution in [0, 0.1) is 0 Å². The van der Waals surface area contributed by atoms with Crippen molar-refractivity contribution in [2.75, 3.05) is 0 Å². The third-order valence-corrected chi connectivity index (χ3v) is 6.04. The molecule has 1 aromatic heterocycles. The topological polar surface area (TPSA) is 82.9 Å². The molecule has 6 nitrogen and oxygen atoms in total. The van der Waals surface area contributed by atoms with Gasteiger partial charge < -0.3 is 5.11 Å². The molecule has 7 heteroatoms. The number of carboxylic acids is 1. The van der Waals surface area contributed by atoms with Gasteiger partial charge >= 0.3 is 5.97 Å². The van der Waals surface area contributed by atoms with Gasteiger partial charge in [0.15, 0.2) is 5.17 Å². The largest absolute Gasteiger partial charge is 0.478 e. The summed E-state index contributed by atoms with van der Waals surface area (Å²) in [5.74, 6) is -1.05. The molecule has 2 aromatic rings. The SMILES string of the molecule is O=C(O)c1cccc(N=C2S/C(=C\c3ccccn3)C(=O)N2C2CCCCC2)c1. The Morgan fingerprint density at radius 2 is 2.00 bits per heavy atom. The number of nitrogens with zero attached hydrogens (tertiary/aromatic N) is 3. The van der Waals surface area contributed by atoms with Crippen LogP contribution in [0.2, 0.25) is 0 Å². The van der Waals surface area contributed by atoms with Gasteiger partial charge in [-0.15, -0.1) is 0 Å². The number of aromatic nitrogens is 1. The number of aromatic carboxylic acids is 1. The zero-order valence-corrected chi connectivity index (χ0v) is 16.6. The van der Waals surface area contributed by atoms with Gasteiger partial charge in [-0.3, -0.25) is 14.7 Å². The minimum atomic E-state index is -0.998. The van der Waals surface area contributed by atoms with Crippen LogP contribution in [0.25, 0.3) is 6.08 Å². The molecule has 4 rings (SSSR count). The fraction of sp³-hybridized carbons (Fsp3) is 0.273. The van der Waals surface area contributed by atoms with Crippen LogP contribution < -0.4 is 0 Å². The highest BCUT2D eigenvalue weighted by Crippen LogP contribution is 2.38. The van der Waals surface area contributed by atoms with Crippen molar-refractivity contribution in [1.82, 2.24) is 9.88 Å². The Hall–Kier alpha value is -2.93. The first-order valence-corrected chi connectivity index (χ1v) is 10.5. The first-order chi connectivity index (χ1) is 14.1. The number of hydrogen-bond donors (Lipinski definition) is 1. The molecule has 1 saturated carbocycles. The van der Waals surface area contributed by atoms with E-state index in [2.05, 4.69) is 9.98 Å². The van der Waals surface area contributed by atoms with Crippen molar-refractivity contribution in [3.63, 3.8) is 0 Å². The number of benzene rings is 1. The van der Waals surface area contributed by atoms with Gasteiger partial charge in [0.1, 0.15) is 0 Å². The number of thioether (sulfide) groups is 1. The Bertz CT molecular complexity index is 982. The smallest absolute Gasteiger partial charge is 0.335 e. The zero-order chi connectivity index (χ0) is 20.2. The number of pyridine rings is 1. The molecule has 2 fully saturated rings. The molecule has 2 heterocycles. The van der Waals surface area contributed by atoms with Crippen molar-refractivity contribution in [3.05, 3.63) is 64.8 Å². The van der Waals surface area contributed by atoms with Crippen LogP contribution in [0.5, 0.6) is 0 Å². The fourth-order valence-electron chi connectivity index (χ4n) is 3.64. The molecule has 1 aliphatic carbocycles. The van der Waals surface area contributed by atoms with E-state index in [1.807, 2.05) is 18.2 Å². The number of hydrogen-bond acceptors (Lipinski definition) is 5. The summed E-state index contributed by atoms with van der Waals surface area (Å²) in [5, 5.41) is 9.84. The monoisotopic (exact) mass is 407 g/mol. The molecule has 0 unspecified atom stereocenters. The fourth-order valence-corrected chi connectivity index (χ4v) is 4.68. The molecule has 2 aliphatic rings. The molecule has 1 aromatic carbocycles. The van der Waals surface area contributed by atoms with Gasteiger partial charge in [-0.05, 0) is 61.0 Å². The van der Waals surface area contributed by atoms with E-state index >= 15 is 0 Å². The molecule has 148 valence electrons. The zero-order valence-electron chi connectivity index (χ0n) is 15.8. The first kappa shape index (κ1) is 19.4. The minimum absolute atomic E-state index is 0.0549. The van der Waals surface area contributed by atoms with Crippen molar-refractivity contribution in [1.29, 1.82) is 0 Å². The number of carboxylic acid groups (broad SMARTS) is 1. The summed E-state index contributed by atoms with van der Waals surface area (Å²) in [7, 11) is 0. The van der Waals surface area contributed by atoms with Crippen molar-refractivity contribution >= 4 is 40.6 Å². The molecule has 1 saturated heterocycles. The van der Waals surface area contributed by atoms with E-state index < -0.39 is 5.97 Å². The number of rotatable bonds is 4. The number of carbonyl (C=O) groups is 2. The molecule has 0 radical (unpaired) electrons. The lowest BCUT2D eigenvalue weighted by Gasteiger charge is -2.30. The summed E-state index contributed by atoms with van der Waals surface area (Å²) in [4.78, 5) is 35.8. The second-order valence-corrected chi connectivity index (χ2v) is 8.09. The minimum Gasteiger partial charge on any atom is -0.478 e. The molecule has 0 spiro atoms. The number of amides is 1. The third kappa shape index (κ3) is 4.40. The summed E-state index contributed by atoms with van der Waals surface area (Å²) >= 11 is 1.32. The van der Waals surface area contributed by atoms with Crippen molar-refractivity contribution in [2.24, 2.45) is 4.99 Å². The van der Waals surface area contributed by atoms with E-state index in [0.29, 0.717) is 15.8 Å². The van der Waals surface area contributed by atoms with E-state index in [0.717, 1.165) is 31.4 Å². The maximum Gasteiger partial charge on any atom is 0.335 e. The van der Waals surface area contributed by atoms with Crippen LogP contribution in [-0.2, 0) is 4.79 Å². The summed E-state index contributed by atoms with van der Waals surface area (Å²) in [6.07, 6.45) is 8.78. The number of amidine groups is 1. The molecule has 1 aliphatic heterocycles. The molecular weight excluding hydrogens is 386 g/mol. The Labute approximate surface area is 173 Å². The van der Waals surface area contributed by atoms with Gasteiger partial charge in [0.05, 0.1) is 21.8 Å². The van der Waals surface area contributed by atoms with Crippen LogP contribution in [0.3, 0.4) is 0 Å². The Balaban J connectivity index is 1.71. The highest BCUT2D eigenvalue weighted by Gasteiger charge is 2.38. The molecule has 0 atom stereocenters. The Morgan fingerprint density at radius 1 is 1.17 bits per heavy atom. The molecular formula is C22H21N3O3S. The van der Waals surface area contributed by atoms with Crippen LogP contribution in [-0.4, -0.2) is 38.1 Å². The molecule has 1 amide bonds. The third-order valence-electron chi connectivity index (χ3n) is 5.06. The predicted molar refractivity (Wildman–Crippen MR) is 114 cm³/mol. The van der Waals surface area contributed by atoms with E-state index in [4.69, 9.17) is 0 Å².